The van der Waals surface area contributed by atoms with E-state index in [0.29, 0.717) is 13.1 Å². The third kappa shape index (κ3) is 1.97. The van der Waals surface area contributed by atoms with Gasteiger partial charge < -0.3 is 10.6 Å². The van der Waals surface area contributed by atoms with Crippen molar-refractivity contribution in [2.75, 3.05) is 13.1 Å². The Morgan fingerprint density at radius 2 is 2.47 bits per heavy atom. The Morgan fingerprint density at radius 1 is 1.67 bits per heavy atom. The van der Waals surface area contributed by atoms with E-state index in [-0.39, 0.29) is 17.5 Å². The van der Waals surface area contributed by atoms with Crippen molar-refractivity contribution in [3.63, 3.8) is 0 Å². The van der Waals surface area contributed by atoms with E-state index >= 15 is 0 Å². The van der Waals surface area contributed by atoms with Crippen molar-refractivity contribution < 1.29 is 9.18 Å². The van der Waals surface area contributed by atoms with Crippen LogP contribution in [0.3, 0.4) is 0 Å². The minimum Gasteiger partial charge on any atom is -0.337 e. The van der Waals surface area contributed by atoms with Crippen LogP contribution in [0.5, 0.6) is 0 Å². The normalized spacial score (nSPS) is 20.7. The number of likely N-dealkylation sites (tertiary alicyclic amines) is 1. The number of nitrogens with zero attached hydrogens (tertiary/aromatic N) is 2. The molecule has 4 nitrogen and oxygen atoms in total. The van der Waals surface area contributed by atoms with Gasteiger partial charge in [-0.3, -0.25) is 9.78 Å². The molecule has 1 aromatic rings. The molecular formula is C10H12FN3O. The Labute approximate surface area is 86.9 Å². The summed E-state index contributed by atoms with van der Waals surface area (Å²) in [5.41, 5.74) is 5.75. The van der Waals surface area contributed by atoms with Crippen molar-refractivity contribution in [3.8, 4) is 0 Å². The molecule has 2 N–H and O–H groups in total. The lowest BCUT2D eigenvalue weighted by atomic mass is 10.2. The van der Waals surface area contributed by atoms with Gasteiger partial charge in [-0.15, -0.1) is 0 Å². The Hall–Kier alpha value is -1.49. The average molecular weight is 209 g/mol. The number of amides is 1. The van der Waals surface area contributed by atoms with Crippen LogP contribution < -0.4 is 5.73 Å². The molecule has 1 fully saturated rings. The zero-order chi connectivity index (χ0) is 10.8. The first kappa shape index (κ1) is 10.0. The van der Waals surface area contributed by atoms with Crippen LogP contribution in [0.4, 0.5) is 4.39 Å². The monoisotopic (exact) mass is 209 g/mol. The number of nitrogens with two attached hydrogens (primary N) is 1. The summed E-state index contributed by atoms with van der Waals surface area (Å²) >= 11 is 0. The second-order valence-electron chi connectivity index (χ2n) is 3.66. The van der Waals surface area contributed by atoms with Gasteiger partial charge in [0, 0.05) is 25.3 Å². The van der Waals surface area contributed by atoms with Crippen LogP contribution in [0.1, 0.15) is 16.8 Å². The Morgan fingerprint density at radius 3 is 3.07 bits per heavy atom. The van der Waals surface area contributed by atoms with Gasteiger partial charge in [0.05, 0.1) is 11.8 Å². The van der Waals surface area contributed by atoms with Crippen LogP contribution in [0.25, 0.3) is 0 Å². The molecule has 0 aromatic carbocycles. The number of hydrogen-bond acceptors (Lipinski definition) is 3. The van der Waals surface area contributed by atoms with Crippen molar-refractivity contribution in [1.82, 2.24) is 9.88 Å². The number of pyridine rings is 1. The van der Waals surface area contributed by atoms with Crippen molar-refractivity contribution in [1.29, 1.82) is 0 Å². The van der Waals surface area contributed by atoms with E-state index in [1.807, 2.05) is 0 Å². The number of aromatic nitrogens is 1. The highest BCUT2D eigenvalue weighted by Crippen LogP contribution is 2.13. The van der Waals surface area contributed by atoms with Gasteiger partial charge in [-0.05, 0) is 12.5 Å². The lowest BCUT2D eigenvalue weighted by Gasteiger charge is -2.15. The zero-order valence-corrected chi connectivity index (χ0v) is 8.19. The second kappa shape index (κ2) is 3.94. The maximum Gasteiger partial charge on any atom is 0.256 e. The highest BCUT2D eigenvalue weighted by Gasteiger charge is 2.25. The first-order valence-electron chi connectivity index (χ1n) is 4.83. The lowest BCUT2D eigenvalue weighted by Crippen LogP contribution is -2.32. The van der Waals surface area contributed by atoms with E-state index in [2.05, 4.69) is 4.98 Å². The highest BCUT2D eigenvalue weighted by atomic mass is 19.1. The van der Waals surface area contributed by atoms with Crippen LogP contribution in [-0.2, 0) is 0 Å². The molecule has 2 rings (SSSR count). The van der Waals surface area contributed by atoms with E-state index in [0.717, 1.165) is 12.6 Å². The molecule has 1 aliphatic heterocycles. The van der Waals surface area contributed by atoms with Gasteiger partial charge in [-0.25, -0.2) is 4.39 Å². The van der Waals surface area contributed by atoms with E-state index in [4.69, 9.17) is 5.73 Å². The van der Waals surface area contributed by atoms with Gasteiger partial charge in [0.2, 0.25) is 0 Å². The molecule has 0 unspecified atom stereocenters. The first-order chi connectivity index (χ1) is 7.18. The molecule has 5 heteroatoms. The summed E-state index contributed by atoms with van der Waals surface area (Å²) in [6, 6.07) is 1.40. The van der Waals surface area contributed by atoms with Crippen molar-refractivity contribution in [2.24, 2.45) is 5.73 Å². The number of carbonyl (C=O) groups is 1. The van der Waals surface area contributed by atoms with Crippen LogP contribution in [0, 0.1) is 5.82 Å². The van der Waals surface area contributed by atoms with Crippen LogP contribution in [0.2, 0.25) is 0 Å². The van der Waals surface area contributed by atoms with Gasteiger partial charge in [-0.2, -0.15) is 0 Å². The molecule has 1 atom stereocenters. The van der Waals surface area contributed by atoms with Crippen molar-refractivity contribution in [2.45, 2.75) is 12.5 Å². The molecule has 0 radical (unpaired) electrons. The fourth-order valence-electron chi connectivity index (χ4n) is 1.69. The SMILES string of the molecule is N[C@@H]1CCN(C(=O)c2ccncc2F)C1. The molecule has 15 heavy (non-hydrogen) atoms. The predicted octanol–water partition coefficient (Wildman–Crippen LogP) is 0.394. The largest absolute Gasteiger partial charge is 0.337 e. The molecule has 0 spiro atoms. The number of rotatable bonds is 1. The zero-order valence-electron chi connectivity index (χ0n) is 8.19. The summed E-state index contributed by atoms with van der Waals surface area (Å²) in [5, 5.41) is 0. The summed E-state index contributed by atoms with van der Waals surface area (Å²) in [7, 11) is 0. The minimum absolute atomic E-state index is 0.0128. The number of hydrogen-bond donors (Lipinski definition) is 1. The van der Waals surface area contributed by atoms with Crippen molar-refractivity contribution >= 4 is 5.91 Å². The quantitative estimate of drug-likeness (QED) is 0.728. The van der Waals surface area contributed by atoms with Crippen LogP contribution in [0.15, 0.2) is 18.5 Å². The lowest BCUT2D eigenvalue weighted by molar-refractivity contribution is 0.0786. The van der Waals surface area contributed by atoms with Crippen LogP contribution >= 0.6 is 0 Å². The average Bonchev–Trinajstić information content (AvgIpc) is 2.65. The standard InChI is InChI=1S/C10H12FN3O/c11-9-5-13-3-1-8(9)10(15)14-4-2-7(12)6-14/h1,3,5,7H,2,4,6,12H2/t7-/m1/s1. The maximum absolute atomic E-state index is 13.2. The van der Waals surface area contributed by atoms with Gasteiger partial charge in [0.15, 0.2) is 5.82 Å². The molecule has 1 aliphatic rings. The number of halogens is 1. The molecule has 80 valence electrons. The summed E-state index contributed by atoms with van der Waals surface area (Å²) in [6.07, 6.45) is 3.23. The van der Waals surface area contributed by atoms with E-state index in [1.54, 1.807) is 4.90 Å². The van der Waals surface area contributed by atoms with E-state index < -0.39 is 5.82 Å². The molecule has 1 amide bonds. The smallest absolute Gasteiger partial charge is 0.256 e. The number of carbonyl (C=O) groups excluding carboxylic acids is 1. The fourth-order valence-corrected chi connectivity index (χ4v) is 1.69. The molecule has 1 saturated heterocycles. The molecule has 1 aromatic heterocycles. The van der Waals surface area contributed by atoms with Gasteiger partial charge >= 0.3 is 0 Å². The Balaban J connectivity index is 2.18. The van der Waals surface area contributed by atoms with Gasteiger partial charge in [-0.1, -0.05) is 0 Å². The molecule has 0 saturated carbocycles. The highest BCUT2D eigenvalue weighted by molar-refractivity contribution is 5.94. The Bertz CT molecular complexity index is 383. The summed E-state index contributed by atoms with van der Waals surface area (Å²) < 4.78 is 13.2. The summed E-state index contributed by atoms with van der Waals surface area (Å²) in [5.74, 6) is -0.883. The fraction of sp³-hybridized carbons (Fsp3) is 0.400. The Kier molecular flexibility index (Phi) is 2.64. The summed E-state index contributed by atoms with van der Waals surface area (Å²) in [4.78, 5) is 17.0. The van der Waals surface area contributed by atoms with Crippen LogP contribution in [-0.4, -0.2) is 34.9 Å². The van der Waals surface area contributed by atoms with Gasteiger partial charge in [0.25, 0.3) is 5.91 Å². The molecule has 2 heterocycles. The third-order valence-electron chi connectivity index (χ3n) is 2.51. The topological polar surface area (TPSA) is 59.2 Å². The maximum atomic E-state index is 13.2. The predicted molar refractivity (Wildman–Crippen MR) is 52.7 cm³/mol. The van der Waals surface area contributed by atoms with Gasteiger partial charge in [0.1, 0.15) is 0 Å². The van der Waals surface area contributed by atoms with Crippen molar-refractivity contribution in [3.05, 3.63) is 29.8 Å². The first-order valence-corrected chi connectivity index (χ1v) is 4.83. The van der Waals surface area contributed by atoms with E-state index in [9.17, 15) is 9.18 Å². The molecule has 0 aliphatic carbocycles. The van der Waals surface area contributed by atoms with E-state index in [1.165, 1.54) is 12.3 Å². The third-order valence-corrected chi connectivity index (χ3v) is 2.51. The summed E-state index contributed by atoms with van der Waals surface area (Å²) in [6.45, 7) is 1.10. The molecule has 0 bridgehead atoms. The minimum atomic E-state index is -0.581. The second-order valence-corrected chi connectivity index (χ2v) is 3.66. The molecular weight excluding hydrogens is 197 g/mol.